The minimum atomic E-state index is -1.54. The van der Waals surface area contributed by atoms with Crippen molar-refractivity contribution in [3.05, 3.63) is 0 Å². The highest BCUT2D eigenvalue weighted by atomic mass is 28.4. The Morgan fingerprint density at radius 3 is 1.33 bits per heavy atom. The van der Waals surface area contributed by atoms with Crippen LogP contribution < -0.4 is 0 Å². The first-order chi connectivity index (χ1) is 8.16. The molecule has 2 rings (SSSR count). The zero-order valence-corrected chi connectivity index (χ0v) is 14.4. The van der Waals surface area contributed by atoms with E-state index in [0.717, 1.165) is 0 Å². The average molecular weight is 291 g/mol. The predicted octanol–water partition coefficient (Wildman–Crippen LogP) is 2.22. The molecule has 0 N–H and O–H groups in total. The molecule has 18 heavy (non-hydrogen) atoms. The third-order valence-electron chi connectivity index (χ3n) is 2.97. The topological polar surface area (TPSA) is 36.9 Å². The van der Waals surface area contributed by atoms with Gasteiger partial charge in [-0.3, -0.25) is 0 Å². The minimum absolute atomic E-state index is 0.0677. The van der Waals surface area contributed by atoms with Gasteiger partial charge >= 0.3 is 0 Å². The first-order valence-corrected chi connectivity index (χ1v) is 13.6. The van der Waals surface area contributed by atoms with Crippen molar-refractivity contribution < 1.29 is 18.3 Å². The molecule has 4 atom stereocenters. The molecule has 0 bridgehead atoms. The van der Waals surface area contributed by atoms with Crippen LogP contribution in [0.3, 0.4) is 0 Å². The lowest BCUT2D eigenvalue weighted by Gasteiger charge is -2.26. The van der Waals surface area contributed by atoms with Crippen LogP contribution in [0.4, 0.5) is 0 Å². The number of rotatable bonds is 4. The van der Waals surface area contributed by atoms with Crippen LogP contribution in [-0.2, 0) is 18.3 Å². The van der Waals surface area contributed by atoms with Gasteiger partial charge in [0.2, 0.25) is 0 Å². The van der Waals surface area contributed by atoms with Gasteiger partial charge in [-0.1, -0.05) is 0 Å². The molecule has 0 amide bonds. The molecule has 106 valence electrons. The van der Waals surface area contributed by atoms with Crippen LogP contribution in [0.2, 0.25) is 39.3 Å². The maximum absolute atomic E-state index is 6.14. The van der Waals surface area contributed by atoms with E-state index in [4.69, 9.17) is 18.3 Å². The number of ether oxygens (including phenoxy) is 2. The molecule has 4 nitrogen and oxygen atoms in total. The molecule has 0 aromatic heterocycles. The summed E-state index contributed by atoms with van der Waals surface area (Å²) in [5, 5.41) is 0. The molecule has 0 aromatic carbocycles. The van der Waals surface area contributed by atoms with Gasteiger partial charge in [0.05, 0.1) is 25.4 Å². The standard InChI is InChI=1S/C12H26O4Si2/c1-17(2,3)15-9-7-13-12-10(8-14-11(9)12)16-18(4,5)6/h9-12H,7-8H2,1-6H3/t9-,10+,11-,12-/m0/s1. The molecule has 0 saturated carbocycles. The first-order valence-electron chi connectivity index (χ1n) is 6.74. The lowest BCUT2D eigenvalue weighted by atomic mass is 10.1. The second-order valence-corrected chi connectivity index (χ2v) is 16.1. The Bertz CT molecular complexity index is 267. The molecule has 2 fully saturated rings. The fraction of sp³-hybridized carbons (Fsp3) is 1.00. The summed E-state index contributed by atoms with van der Waals surface area (Å²) in [7, 11) is -3.09. The molecule has 6 heteroatoms. The van der Waals surface area contributed by atoms with E-state index >= 15 is 0 Å². The third kappa shape index (κ3) is 3.64. The van der Waals surface area contributed by atoms with Crippen molar-refractivity contribution in [2.75, 3.05) is 13.2 Å². The molecule has 0 spiro atoms. The summed E-state index contributed by atoms with van der Waals surface area (Å²) in [6.07, 6.45) is 0.324. The van der Waals surface area contributed by atoms with Crippen molar-refractivity contribution in [3.8, 4) is 0 Å². The molecule has 0 aliphatic carbocycles. The van der Waals surface area contributed by atoms with Gasteiger partial charge in [0.25, 0.3) is 0 Å². The smallest absolute Gasteiger partial charge is 0.184 e. The lowest BCUT2D eigenvalue weighted by Crippen LogP contribution is -2.42. The van der Waals surface area contributed by atoms with Crippen LogP contribution >= 0.6 is 0 Å². The predicted molar refractivity (Wildman–Crippen MR) is 75.9 cm³/mol. The van der Waals surface area contributed by atoms with Crippen molar-refractivity contribution in [2.45, 2.75) is 63.7 Å². The summed E-state index contributed by atoms with van der Waals surface area (Å²) in [6, 6.07) is 0. The highest BCUT2D eigenvalue weighted by Crippen LogP contribution is 2.33. The second-order valence-electron chi connectivity index (χ2n) is 7.13. The normalized spacial score (nSPS) is 37.0. The van der Waals surface area contributed by atoms with Crippen LogP contribution in [0.5, 0.6) is 0 Å². The molecular weight excluding hydrogens is 264 g/mol. The molecule has 0 radical (unpaired) electrons. The van der Waals surface area contributed by atoms with Crippen LogP contribution in [0.25, 0.3) is 0 Å². The summed E-state index contributed by atoms with van der Waals surface area (Å²) in [4.78, 5) is 0. The van der Waals surface area contributed by atoms with Crippen molar-refractivity contribution in [3.63, 3.8) is 0 Å². The third-order valence-corrected chi connectivity index (χ3v) is 4.99. The molecule has 2 aliphatic heterocycles. The minimum Gasteiger partial charge on any atom is -0.410 e. The Hall–Kier alpha value is 0.274. The highest BCUT2D eigenvalue weighted by molar-refractivity contribution is 6.70. The summed E-state index contributed by atoms with van der Waals surface area (Å²) in [6.45, 7) is 14.5. The van der Waals surface area contributed by atoms with E-state index < -0.39 is 16.6 Å². The Kier molecular flexibility index (Phi) is 4.07. The lowest BCUT2D eigenvalue weighted by molar-refractivity contribution is 0.0135. The van der Waals surface area contributed by atoms with Gasteiger partial charge in [-0.2, -0.15) is 0 Å². The van der Waals surface area contributed by atoms with Crippen LogP contribution in [-0.4, -0.2) is 54.3 Å². The van der Waals surface area contributed by atoms with Gasteiger partial charge in [0.15, 0.2) is 16.6 Å². The molecule has 2 saturated heterocycles. The number of hydrogen-bond donors (Lipinski definition) is 0. The SMILES string of the molecule is C[Si](C)(C)O[C@H]1CO[C@@H]2[C@H]1OC[C@H]2O[Si](C)(C)C. The van der Waals surface area contributed by atoms with Gasteiger partial charge in [-0.25, -0.2) is 0 Å². The summed E-state index contributed by atoms with van der Waals surface area (Å²) in [5.41, 5.74) is 0. The molecule has 2 aliphatic rings. The Labute approximate surface area is 112 Å². The van der Waals surface area contributed by atoms with Gasteiger partial charge in [0.1, 0.15) is 12.2 Å². The van der Waals surface area contributed by atoms with Gasteiger partial charge in [-0.15, -0.1) is 0 Å². The zero-order chi connectivity index (χ0) is 13.6. The Balaban J connectivity index is 1.95. The molecule has 2 heterocycles. The summed E-state index contributed by atoms with van der Waals surface area (Å²) in [5.74, 6) is 0. The Morgan fingerprint density at radius 2 is 1.06 bits per heavy atom. The first kappa shape index (κ1) is 14.7. The van der Waals surface area contributed by atoms with Gasteiger partial charge in [0, 0.05) is 0 Å². The van der Waals surface area contributed by atoms with Crippen LogP contribution in [0, 0.1) is 0 Å². The van der Waals surface area contributed by atoms with Crippen LogP contribution in [0.1, 0.15) is 0 Å². The van der Waals surface area contributed by atoms with Crippen molar-refractivity contribution in [1.82, 2.24) is 0 Å². The highest BCUT2D eigenvalue weighted by Gasteiger charge is 2.50. The van der Waals surface area contributed by atoms with Crippen molar-refractivity contribution >= 4 is 16.6 Å². The maximum Gasteiger partial charge on any atom is 0.184 e. The van der Waals surface area contributed by atoms with E-state index in [-0.39, 0.29) is 24.4 Å². The van der Waals surface area contributed by atoms with Gasteiger partial charge < -0.3 is 18.3 Å². The zero-order valence-electron chi connectivity index (χ0n) is 12.4. The molecular formula is C12H26O4Si2. The monoisotopic (exact) mass is 290 g/mol. The van der Waals surface area contributed by atoms with E-state index in [1.807, 2.05) is 0 Å². The van der Waals surface area contributed by atoms with Crippen molar-refractivity contribution in [2.24, 2.45) is 0 Å². The fourth-order valence-corrected chi connectivity index (χ4v) is 4.76. The number of hydrogen-bond acceptors (Lipinski definition) is 4. The van der Waals surface area contributed by atoms with E-state index in [0.29, 0.717) is 13.2 Å². The van der Waals surface area contributed by atoms with E-state index in [1.165, 1.54) is 0 Å². The van der Waals surface area contributed by atoms with E-state index in [9.17, 15) is 0 Å². The van der Waals surface area contributed by atoms with E-state index in [1.54, 1.807) is 0 Å². The van der Waals surface area contributed by atoms with E-state index in [2.05, 4.69) is 39.3 Å². The van der Waals surface area contributed by atoms with Crippen LogP contribution in [0.15, 0.2) is 0 Å². The largest absolute Gasteiger partial charge is 0.410 e. The second kappa shape index (κ2) is 4.99. The summed E-state index contributed by atoms with van der Waals surface area (Å²) < 4.78 is 24.0. The van der Waals surface area contributed by atoms with Crippen molar-refractivity contribution in [1.29, 1.82) is 0 Å². The molecule has 0 unspecified atom stereocenters. The Morgan fingerprint density at radius 1 is 0.722 bits per heavy atom. The average Bonchev–Trinajstić information content (AvgIpc) is 2.66. The molecule has 0 aromatic rings. The summed E-state index contributed by atoms with van der Waals surface area (Å²) >= 11 is 0. The van der Waals surface area contributed by atoms with Gasteiger partial charge in [-0.05, 0) is 39.3 Å². The fourth-order valence-electron chi connectivity index (χ4n) is 2.54. The quantitative estimate of drug-likeness (QED) is 0.744. The number of fused-ring (bicyclic) bond motifs is 1. The maximum atomic E-state index is 6.14.